The predicted octanol–water partition coefficient (Wildman–Crippen LogP) is 6.98. The number of Topliss-reactive ketones (excluding diaryl/α,β-unsaturated/α-hetero) is 1. The lowest BCUT2D eigenvalue weighted by Gasteiger charge is -2.07. The van der Waals surface area contributed by atoms with E-state index in [4.69, 9.17) is 0 Å². The van der Waals surface area contributed by atoms with Crippen molar-refractivity contribution < 1.29 is 9.90 Å². The second-order valence-corrected chi connectivity index (χ2v) is 7.53. The molecule has 1 N–H and O–H groups in total. The molecule has 0 aliphatic rings. The van der Waals surface area contributed by atoms with Gasteiger partial charge in [-0.1, -0.05) is 104 Å². The Morgan fingerprint density at radius 2 is 1.08 bits per heavy atom. The van der Waals surface area contributed by atoms with Crippen molar-refractivity contribution in [1.29, 1.82) is 0 Å². The van der Waals surface area contributed by atoms with Gasteiger partial charge in [-0.05, 0) is 12.8 Å². The second kappa shape index (κ2) is 19.0. The quantitative estimate of drug-likeness (QED) is 0.258. The van der Waals surface area contributed by atoms with Crippen molar-refractivity contribution >= 4 is 5.78 Å². The normalized spacial score (nSPS) is 12.5. The summed E-state index contributed by atoms with van der Waals surface area (Å²) in [6.07, 6.45) is 21.1. The Hall–Kier alpha value is -0.370. The first-order valence-electron chi connectivity index (χ1n) is 10.9. The molecule has 0 spiro atoms. The van der Waals surface area contributed by atoms with Crippen LogP contribution in [0.15, 0.2) is 0 Å². The van der Waals surface area contributed by atoms with Crippen molar-refractivity contribution in [3.05, 3.63) is 0 Å². The third-order valence-corrected chi connectivity index (χ3v) is 4.89. The summed E-state index contributed by atoms with van der Waals surface area (Å²) in [6, 6.07) is 0. The van der Waals surface area contributed by atoms with Gasteiger partial charge in [-0.15, -0.1) is 0 Å². The van der Waals surface area contributed by atoms with E-state index in [9.17, 15) is 9.90 Å². The van der Waals surface area contributed by atoms with Crippen molar-refractivity contribution in [3.63, 3.8) is 0 Å². The molecule has 0 amide bonds. The Balaban J connectivity index is 3.16. The van der Waals surface area contributed by atoms with E-state index in [-0.39, 0.29) is 5.78 Å². The number of aliphatic hydroxyl groups excluding tert-OH is 1. The summed E-state index contributed by atoms with van der Waals surface area (Å²) in [6.45, 7) is 4.32. The number of ketones is 1. The molecule has 1 atom stereocenters. The van der Waals surface area contributed by atoms with E-state index in [0.717, 1.165) is 19.3 Å². The average molecular weight is 341 g/mol. The summed E-state index contributed by atoms with van der Waals surface area (Å²) < 4.78 is 0. The summed E-state index contributed by atoms with van der Waals surface area (Å²) in [5, 5.41) is 9.61. The van der Waals surface area contributed by atoms with Crippen LogP contribution in [-0.2, 0) is 4.79 Å². The van der Waals surface area contributed by atoms with Crippen molar-refractivity contribution in [2.24, 2.45) is 0 Å². The molecule has 0 aromatic rings. The van der Waals surface area contributed by atoms with E-state index in [1.54, 1.807) is 0 Å². The lowest BCUT2D eigenvalue weighted by atomic mass is 10.0. The molecule has 2 nitrogen and oxygen atoms in total. The van der Waals surface area contributed by atoms with Crippen LogP contribution in [0.3, 0.4) is 0 Å². The lowest BCUT2D eigenvalue weighted by Crippen LogP contribution is -2.12. The zero-order valence-corrected chi connectivity index (χ0v) is 16.7. The van der Waals surface area contributed by atoms with Crippen molar-refractivity contribution in [2.45, 2.75) is 136 Å². The van der Waals surface area contributed by atoms with Gasteiger partial charge in [0.05, 0.1) is 6.10 Å². The molecule has 1 unspecified atom stereocenters. The van der Waals surface area contributed by atoms with Gasteiger partial charge in [0.15, 0.2) is 0 Å². The van der Waals surface area contributed by atoms with E-state index in [2.05, 4.69) is 6.92 Å². The minimum absolute atomic E-state index is 0.245. The van der Waals surface area contributed by atoms with Crippen LogP contribution in [0.1, 0.15) is 129 Å². The van der Waals surface area contributed by atoms with E-state index in [1.807, 2.05) is 6.92 Å². The number of rotatable bonds is 19. The molecule has 0 aliphatic heterocycles. The number of unbranched alkanes of at least 4 members (excludes halogenated alkanes) is 13. The van der Waals surface area contributed by atoms with E-state index < -0.39 is 6.10 Å². The molecule has 0 bridgehead atoms. The van der Waals surface area contributed by atoms with E-state index >= 15 is 0 Å². The highest BCUT2D eigenvalue weighted by Crippen LogP contribution is 2.14. The second-order valence-electron chi connectivity index (χ2n) is 7.53. The zero-order valence-electron chi connectivity index (χ0n) is 16.7. The maximum Gasteiger partial charge on any atom is 0.135 e. The molecule has 24 heavy (non-hydrogen) atoms. The van der Waals surface area contributed by atoms with Crippen LogP contribution in [0.4, 0.5) is 0 Å². The summed E-state index contributed by atoms with van der Waals surface area (Å²) in [7, 11) is 0. The van der Waals surface area contributed by atoms with Gasteiger partial charge < -0.3 is 5.11 Å². The van der Waals surface area contributed by atoms with Gasteiger partial charge in [0.1, 0.15) is 5.78 Å². The Labute approximate surface area is 151 Å². The average Bonchev–Trinajstić information content (AvgIpc) is 2.55. The van der Waals surface area contributed by atoms with Gasteiger partial charge in [-0.3, -0.25) is 4.79 Å². The highest BCUT2D eigenvalue weighted by Gasteiger charge is 2.09. The fourth-order valence-electron chi connectivity index (χ4n) is 3.32. The first-order chi connectivity index (χ1) is 11.7. The van der Waals surface area contributed by atoms with Crippen LogP contribution in [-0.4, -0.2) is 17.0 Å². The highest BCUT2D eigenvalue weighted by molar-refractivity contribution is 5.78. The van der Waals surface area contributed by atoms with Gasteiger partial charge in [0, 0.05) is 12.8 Å². The fraction of sp³-hybridized carbons (Fsp3) is 0.955. The van der Waals surface area contributed by atoms with Gasteiger partial charge in [0.25, 0.3) is 0 Å². The monoisotopic (exact) mass is 340 g/mol. The van der Waals surface area contributed by atoms with Gasteiger partial charge in [0.2, 0.25) is 0 Å². The van der Waals surface area contributed by atoms with Crippen molar-refractivity contribution in [1.82, 2.24) is 0 Å². The molecule has 0 rings (SSSR count). The Morgan fingerprint density at radius 1 is 0.667 bits per heavy atom. The first-order valence-corrected chi connectivity index (χ1v) is 10.9. The van der Waals surface area contributed by atoms with Gasteiger partial charge in [-0.2, -0.15) is 0 Å². The number of carbonyl (C=O) groups is 1. The van der Waals surface area contributed by atoms with Crippen LogP contribution < -0.4 is 0 Å². The Kier molecular flexibility index (Phi) is 18.7. The third-order valence-electron chi connectivity index (χ3n) is 4.89. The zero-order chi connectivity index (χ0) is 17.9. The van der Waals surface area contributed by atoms with Gasteiger partial charge in [-0.25, -0.2) is 0 Å². The molecule has 144 valence electrons. The summed E-state index contributed by atoms with van der Waals surface area (Å²) in [5.74, 6) is 0.245. The molecule has 0 aromatic carbocycles. The smallest absolute Gasteiger partial charge is 0.135 e. The van der Waals surface area contributed by atoms with E-state index in [1.165, 1.54) is 83.5 Å². The molecule has 0 saturated carbocycles. The molecule has 2 heteroatoms. The maximum atomic E-state index is 11.7. The molecule has 0 fully saturated rings. The number of hydrogen-bond acceptors (Lipinski definition) is 2. The van der Waals surface area contributed by atoms with Crippen LogP contribution in [0.2, 0.25) is 0 Å². The molecular formula is C22H44O2. The topological polar surface area (TPSA) is 37.3 Å². The summed E-state index contributed by atoms with van der Waals surface area (Å²) in [5.41, 5.74) is 0. The Bertz CT molecular complexity index is 263. The SMILES string of the molecule is CCCCCCCCCCCCCCCCC(=O)CC(O)CCC. The van der Waals surface area contributed by atoms with Crippen LogP contribution >= 0.6 is 0 Å². The van der Waals surface area contributed by atoms with Crippen molar-refractivity contribution in [3.8, 4) is 0 Å². The minimum atomic E-state index is -0.408. The van der Waals surface area contributed by atoms with Crippen LogP contribution in [0.25, 0.3) is 0 Å². The molecule has 0 radical (unpaired) electrons. The molecule has 0 heterocycles. The summed E-state index contributed by atoms with van der Waals surface area (Å²) >= 11 is 0. The standard InChI is InChI=1S/C22H44O2/c1-3-5-6-7-8-9-10-11-12-13-14-15-16-17-19-22(24)20-21(23)18-4-2/h21,23H,3-20H2,1-2H3. The largest absolute Gasteiger partial charge is 0.393 e. The lowest BCUT2D eigenvalue weighted by molar-refractivity contribution is -0.121. The molecular weight excluding hydrogens is 296 g/mol. The maximum absolute atomic E-state index is 11.7. The van der Waals surface area contributed by atoms with Crippen molar-refractivity contribution in [2.75, 3.05) is 0 Å². The molecule has 0 aliphatic carbocycles. The van der Waals surface area contributed by atoms with Crippen LogP contribution in [0.5, 0.6) is 0 Å². The third kappa shape index (κ3) is 18.0. The first kappa shape index (κ1) is 23.6. The van der Waals surface area contributed by atoms with E-state index in [0.29, 0.717) is 12.8 Å². The number of carbonyl (C=O) groups excluding carboxylic acids is 1. The fourth-order valence-corrected chi connectivity index (χ4v) is 3.32. The minimum Gasteiger partial charge on any atom is -0.393 e. The Morgan fingerprint density at radius 3 is 1.50 bits per heavy atom. The van der Waals surface area contributed by atoms with Gasteiger partial charge >= 0.3 is 0 Å². The highest BCUT2D eigenvalue weighted by atomic mass is 16.3. The van der Waals surface area contributed by atoms with Crippen LogP contribution in [0, 0.1) is 0 Å². The number of hydrogen-bond donors (Lipinski definition) is 1. The summed E-state index contributed by atoms with van der Waals surface area (Å²) in [4.78, 5) is 11.7. The molecule has 0 aromatic heterocycles. The molecule has 0 saturated heterocycles. The predicted molar refractivity (Wildman–Crippen MR) is 105 cm³/mol. The number of aliphatic hydroxyl groups is 1.